The van der Waals surface area contributed by atoms with Crippen LogP contribution in [-0.2, 0) is 66.4 Å². The second-order valence-corrected chi connectivity index (χ2v) is 31.0. The molecule has 39 atom stereocenters. The topological polar surface area (TPSA) is 550 Å². The van der Waals surface area contributed by atoms with Gasteiger partial charge in [0.1, 0.15) is 134 Å². The Morgan fingerprint density at radius 1 is 0.490 bits per heavy atom. The number of carboxylic acids is 1. The summed E-state index contributed by atoms with van der Waals surface area (Å²) < 4.78 is 71.2. The number of carbonyl (C=O) groups is 2. The molecule has 10 fully saturated rings. The number of carboxylic acid groups (broad SMARTS) is 1. The Labute approximate surface area is 564 Å². The lowest BCUT2D eigenvalue weighted by molar-refractivity contribution is -0.400. The minimum Gasteiger partial charge on any atom is -0.481 e. The number of hydrogen-bond acceptors (Lipinski definition) is 33. The first-order valence-corrected chi connectivity index (χ1v) is 33.9. The molecule has 0 aromatic rings. The second kappa shape index (κ2) is 28.4. The van der Waals surface area contributed by atoms with E-state index >= 15 is 4.79 Å². The van der Waals surface area contributed by atoms with Crippen molar-refractivity contribution in [3.63, 3.8) is 0 Å². The van der Waals surface area contributed by atoms with Crippen molar-refractivity contribution in [1.29, 1.82) is 0 Å². The molecular weight excluding hydrogens is 1310 g/mol. The molecule has 0 spiro atoms. The van der Waals surface area contributed by atoms with Gasteiger partial charge in [-0.1, -0.05) is 46.3 Å². The molecule has 562 valence electrons. The van der Waals surface area contributed by atoms with Gasteiger partial charge in [0.05, 0.1) is 56.8 Å². The minimum atomic E-state index is -2.13. The molecule has 39 unspecified atom stereocenters. The highest BCUT2D eigenvalue weighted by Crippen LogP contribution is 2.76. The largest absolute Gasteiger partial charge is 0.481 e. The maximum Gasteiger partial charge on any atom is 0.317 e. The SMILES string of the molecule is CC1OC(OC2C(OC(=O)C34CCC(C)(C)CC3C3=CCC5C6(C)CC(O)C(OC7OC(CO)C(O)C(O)C7OC7OC(CO)C(O)C(O)C7OC7OC(CO)C(O)C(O)C7O)C(C)(C(=O)O)C6CCC5(C)C3(C)CC4O)OCC(O)C2O)C(O)C(O)C1OC1OCC(O)C(O)C1O. The van der Waals surface area contributed by atoms with Gasteiger partial charge in [-0.15, -0.1) is 0 Å². The van der Waals surface area contributed by atoms with Gasteiger partial charge in [0.2, 0.25) is 6.29 Å². The summed E-state index contributed by atoms with van der Waals surface area (Å²) in [5.41, 5.74) is -6.09. The van der Waals surface area contributed by atoms with Crippen LogP contribution in [0.3, 0.4) is 0 Å². The highest BCUT2D eigenvalue weighted by molar-refractivity contribution is 5.80. The number of rotatable bonds is 16. The van der Waals surface area contributed by atoms with Crippen molar-refractivity contribution in [3.05, 3.63) is 11.6 Å². The quantitative estimate of drug-likeness (QED) is 0.0388. The van der Waals surface area contributed by atoms with E-state index in [-0.39, 0.29) is 25.7 Å². The van der Waals surface area contributed by atoms with E-state index in [0.717, 1.165) is 5.57 Å². The zero-order valence-electron chi connectivity index (χ0n) is 55.6. The van der Waals surface area contributed by atoms with Gasteiger partial charge in [-0.25, -0.2) is 0 Å². The Bertz CT molecular complexity index is 2820. The fourth-order valence-corrected chi connectivity index (χ4v) is 19.0. The number of aliphatic carboxylic acids is 1. The molecule has 0 bridgehead atoms. The summed E-state index contributed by atoms with van der Waals surface area (Å²) in [4.78, 5) is 29.9. The van der Waals surface area contributed by atoms with Gasteiger partial charge >= 0.3 is 11.9 Å². The van der Waals surface area contributed by atoms with Crippen LogP contribution in [0.4, 0.5) is 0 Å². The minimum absolute atomic E-state index is 0.0196. The highest BCUT2D eigenvalue weighted by atomic mass is 16.8. The molecule has 34 nitrogen and oxygen atoms in total. The standard InChI is InChI=1S/C64H102O34/c1-22-46(93-51-43(81)34(72)26(69)20-87-51)42(80)45(83)52(89-22)94-47-35(73)27(70)21-88-54(47)98-58(86)64-13-12-59(2,3)14-24(64)23-8-9-31-60(4)15-25(68)50(63(7,57(84)85)32(60)10-11-61(31,5)62(23,6)16-33(64)71)97-56-49(41(79)38(76)30(19-67)92-56)96-55-48(40(78)37(75)29(18-66)91-55)95-53-44(82)39(77)36(74)28(17-65)90-53/h8,22,24-56,65-83H,9-21H2,1-7H3,(H,84,85). The molecule has 34 heteroatoms. The molecular formula is C64H102O34. The first-order valence-electron chi connectivity index (χ1n) is 33.9. The van der Waals surface area contributed by atoms with Crippen LogP contribution in [0.5, 0.6) is 0 Å². The van der Waals surface area contributed by atoms with Crippen molar-refractivity contribution < 1.29 is 169 Å². The third-order valence-electron chi connectivity index (χ3n) is 24.9. The summed E-state index contributed by atoms with van der Waals surface area (Å²) >= 11 is 0. The van der Waals surface area contributed by atoms with Crippen LogP contribution in [0, 0.1) is 50.2 Å². The number of carbonyl (C=O) groups excluding carboxylic acids is 1. The molecule has 0 aromatic heterocycles. The number of hydrogen-bond donors (Lipinski definition) is 20. The number of fused-ring (bicyclic) bond motifs is 7. The monoisotopic (exact) mass is 1410 g/mol. The number of ether oxygens (including phenoxy) is 12. The van der Waals surface area contributed by atoms with E-state index in [9.17, 15) is 107 Å². The van der Waals surface area contributed by atoms with Gasteiger partial charge in [0.15, 0.2) is 37.6 Å². The smallest absolute Gasteiger partial charge is 0.317 e. The van der Waals surface area contributed by atoms with Crippen LogP contribution in [-0.4, -0.2) is 337 Å². The molecule has 98 heavy (non-hydrogen) atoms. The summed E-state index contributed by atoms with van der Waals surface area (Å²) in [5.74, 6) is -4.32. The van der Waals surface area contributed by atoms with Gasteiger partial charge < -0.3 is 159 Å². The summed E-state index contributed by atoms with van der Waals surface area (Å²) in [6.45, 7) is 9.15. The van der Waals surface area contributed by atoms with E-state index in [1.165, 1.54) is 13.8 Å². The van der Waals surface area contributed by atoms with Crippen LogP contribution in [0.25, 0.3) is 0 Å². The average Bonchev–Trinajstić information content (AvgIpc) is 0.668. The lowest BCUT2D eigenvalue weighted by Gasteiger charge is -2.71. The van der Waals surface area contributed by atoms with Gasteiger partial charge in [0, 0.05) is 0 Å². The van der Waals surface area contributed by atoms with Crippen molar-refractivity contribution in [1.82, 2.24) is 0 Å². The molecule has 6 heterocycles. The fourth-order valence-electron chi connectivity index (χ4n) is 19.0. The Kier molecular flexibility index (Phi) is 22.2. The third kappa shape index (κ3) is 12.6. The van der Waals surface area contributed by atoms with E-state index in [1.54, 1.807) is 0 Å². The molecule has 0 amide bonds. The normalized spacial score (nSPS) is 55.0. The predicted molar refractivity (Wildman–Crippen MR) is 319 cm³/mol. The molecule has 4 saturated carbocycles. The molecule has 6 aliphatic heterocycles. The zero-order valence-corrected chi connectivity index (χ0v) is 55.6. The maximum atomic E-state index is 15.5. The molecule has 0 radical (unpaired) electrons. The summed E-state index contributed by atoms with van der Waals surface area (Å²) in [5, 5.41) is 221. The van der Waals surface area contributed by atoms with Gasteiger partial charge in [-0.2, -0.15) is 0 Å². The molecule has 5 aliphatic carbocycles. The van der Waals surface area contributed by atoms with E-state index in [0.29, 0.717) is 25.7 Å². The molecule has 20 N–H and O–H groups in total. The van der Waals surface area contributed by atoms with E-state index in [4.69, 9.17) is 56.8 Å². The van der Waals surface area contributed by atoms with Crippen molar-refractivity contribution in [2.24, 2.45) is 50.2 Å². The van der Waals surface area contributed by atoms with Crippen molar-refractivity contribution in [2.75, 3.05) is 33.0 Å². The Morgan fingerprint density at radius 3 is 1.55 bits per heavy atom. The van der Waals surface area contributed by atoms with E-state index in [2.05, 4.69) is 6.92 Å². The maximum absolute atomic E-state index is 15.5. The van der Waals surface area contributed by atoms with Gasteiger partial charge in [-0.05, 0) is 105 Å². The van der Waals surface area contributed by atoms with Gasteiger partial charge in [-0.3, -0.25) is 9.59 Å². The first kappa shape index (κ1) is 76.6. The van der Waals surface area contributed by atoms with E-state index in [1.807, 2.05) is 33.8 Å². The van der Waals surface area contributed by atoms with Crippen molar-refractivity contribution >= 4 is 11.9 Å². The molecule has 0 aromatic carbocycles. The predicted octanol–water partition coefficient (Wildman–Crippen LogP) is -7.07. The summed E-state index contributed by atoms with van der Waals surface area (Å²) in [6.07, 6.45) is -51.8. The molecule has 6 saturated heterocycles. The molecule has 11 aliphatic rings. The van der Waals surface area contributed by atoms with Crippen molar-refractivity contribution in [2.45, 2.75) is 290 Å². The summed E-state index contributed by atoms with van der Waals surface area (Å²) in [6, 6.07) is 0. The number of aliphatic hydroxyl groups is 19. The third-order valence-corrected chi connectivity index (χ3v) is 24.9. The number of allylic oxidation sites excluding steroid dienone is 2. The first-order chi connectivity index (χ1) is 45.9. The van der Waals surface area contributed by atoms with Crippen LogP contribution in [0.1, 0.15) is 99.8 Å². The Morgan fingerprint density at radius 2 is 0.969 bits per heavy atom. The Hall–Kier alpha value is -2.52. The lowest BCUT2D eigenvalue weighted by Crippen LogP contribution is -2.71. The lowest BCUT2D eigenvalue weighted by atomic mass is 9.33. The highest BCUT2D eigenvalue weighted by Gasteiger charge is 2.75. The number of esters is 1. The van der Waals surface area contributed by atoms with Gasteiger partial charge in [0.25, 0.3) is 0 Å². The van der Waals surface area contributed by atoms with E-state index < -0.39 is 286 Å². The fraction of sp³-hybridized carbons (Fsp3) is 0.938. The second-order valence-electron chi connectivity index (χ2n) is 31.0. The van der Waals surface area contributed by atoms with Crippen molar-refractivity contribution in [3.8, 4) is 0 Å². The van der Waals surface area contributed by atoms with Crippen LogP contribution < -0.4 is 0 Å². The van der Waals surface area contributed by atoms with Crippen LogP contribution in [0.15, 0.2) is 11.6 Å². The zero-order chi connectivity index (χ0) is 71.7. The average molecular weight is 1420 g/mol. The number of aliphatic hydroxyl groups excluding tert-OH is 19. The van der Waals surface area contributed by atoms with Crippen LogP contribution in [0.2, 0.25) is 0 Å². The van der Waals surface area contributed by atoms with Crippen LogP contribution >= 0.6 is 0 Å². The Balaban J connectivity index is 0.847. The molecule has 11 rings (SSSR count). The summed E-state index contributed by atoms with van der Waals surface area (Å²) in [7, 11) is 0.